The summed E-state index contributed by atoms with van der Waals surface area (Å²) in [6, 6.07) is 3.67. The van der Waals surface area contributed by atoms with Crippen molar-refractivity contribution in [1.82, 2.24) is 0 Å². The molecule has 0 fully saturated rings. The van der Waals surface area contributed by atoms with Gasteiger partial charge in [0.1, 0.15) is 0 Å². The van der Waals surface area contributed by atoms with Crippen molar-refractivity contribution in [2.24, 2.45) is 5.73 Å². The Morgan fingerprint density at radius 1 is 1.56 bits per heavy atom. The fourth-order valence-corrected chi connectivity index (χ4v) is 1.68. The van der Waals surface area contributed by atoms with Crippen LogP contribution in [-0.2, 0) is 0 Å². The summed E-state index contributed by atoms with van der Waals surface area (Å²) in [7, 11) is 1.60. The van der Waals surface area contributed by atoms with E-state index in [0.717, 1.165) is 5.56 Å². The first kappa shape index (κ1) is 10.8. The van der Waals surface area contributed by atoms with Gasteiger partial charge in [0, 0.05) is 6.04 Å². The number of methoxy groups -OCH3 is 1. The van der Waals surface area contributed by atoms with Crippen molar-refractivity contribution >= 4 is 0 Å². The quantitative estimate of drug-likeness (QED) is 0.790. The summed E-state index contributed by atoms with van der Waals surface area (Å²) in [6.45, 7) is 3.90. The highest BCUT2D eigenvalue weighted by atomic mass is 16.7. The molecule has 0 aromatic heterocycles. The molecule has 1 aromatic rings. The third-order valence-corrected chi connectivity index (χ3v) is 2.53. The van der Waals surface area contributed by atoms with E-state index < -0.39 is 0 Å². The third-order valence-electron chi connectivity index (χ3n) is 2.53. The van der Waals surface area contributed by atoms with Crippen LogP contribution >= 0.6 is 0 Å². The summed E-state index contributed by atoms with van der Waals surface area (Å²) in [6.07, 6.45) is 2.50. The van der Waals surface area contributed by atoms with E-state index in [0.29, 0.717) is 23.7 Å². The average Bonchev–Trinajstić information content (AvgIpc) is 2.75. The number of fused-ring (bicyclic) bond motifs is 1. The lowest BCUT2D eigenvalue weighted by atomic mass is 10.0. The fraction of sp³-hybridized carbons (Fsp3) is 0.333. The van der Waals surface area contributed by atoms with Crippen LogP contribution < -0.4 is 19.9 Å². The molecule has 1 heterocycles. The molecule has 16 heavy (non-hydrogen) atoms. The predicted molar refractivity (Wildman–Crippen MR) is 60.9 cm³/mol. The normalized spacial score (nSPS) is 14.6. The second-order valence-corrected chi connectivity index (χ2v) is 3.59. The molecule has 0 amide bonds. The summed E-state index contributed by atoms with van der Waals surface area (Å²) >= 11 is 0. The van der Waals surface area contributed by atoms with Crippen LogP contribution in [0.5, 0.6) is 17.2 Å². The smallest absolute Gasteiger partial charge is 0.231 e. The second-order valence-electron chi connectivity index (χ2n) is 3.59. The highest BCUT2D eigenvalue weighted by molar-refractivity contribution is 5.55. The van der Waals surface area contributed by atoms with Gasteiger partial charge in [-0.2, -0.15) is 0 Å². The van der Waals surface area contributed by atoms with Gasteiger partial charge in [0.05, 0.1) is 7.11 Å². The van der Waals surface area contributed by atoms with E-state index in [1.54, 1.807) is 13.2 Å². The lowest BCUT2D eigenvalue weighted by Crippen LogP contribution is -2.09. The van der Waals surface area contributed by atoms with E-state index in [4.69, 9.17) is 19.9 Å². The van der Waals surface area contributed by atoms with E-state index in [1.165, 1.54) is 0 Å². The van der Waals surface area contributed by atoms with E-state index >= 15 is 0 Å². The Morgan fingerprint density at radius 2 is 2.38 bits per heavy atom. The van der Waals surface area contributed by atoms with E-state index in [1.807, 2.05) is 12.1 Å². The molecule has 4 heteroatoms. The molecule has 0 spiro atoms. The minimum absolute atomic E-state index is 0.0964. The number of ether oxygens (including phenoxy) is 3. The third kappa shape index (κ3) is 1.84. The molecule has 0 saturated carbocycles. The molecule has 1 aliphatic heterocycles. The summed E-state index contributed by atoms with van der Waals surface area (Å²) in [5.41, 5.74) is 6.96. The van der Waals surface area contributed by atoms with Crippen molar-refractivity contribution < 1.29 is 14.2 Å². The topological polar surface area (TPSA) is 53.7 Å². The molecule has 2 rings (SSSR count). The summed E-state index contributed by atoms with van der Waals surface area (Å²) < 4.78 is 15.9. The molecule has 2 N–H and O–H groups in total. The molecular formula is C12H15NO3. The van der Waals surface area contributed by atoms with Crippen LogP contribution in [-0.4, -0.2) is 13.9 Å². The number of hydrogen-bond donors (Lipinski definition) is 1. The van der Waals surface area contributed by atoms with Crippen molar-refractivity contribution in [2.75, 3.05) is 13.9 Å². The van der Waals surface area contributed by atoms with E-state index in [9.17, 15) is 0 Å². The van der Waals surface area contributed by atoms with Gasteiger partial charge in [-0.3, -0.25) is 0 Å². The van der Waals surface area contributed by atoms with Gasteiger partial charge in [-0.15, -0.1) is 6.58 Å². The molecule has 4 nitrogen and oxygen atoms in total. The van der Waals surface area contributed by atoms with Crippen molar-refractivity contribution in [3.8, 4) is 17.2 Å². The SMILES string of the molecule is C=CC[C@@H](N)c1cc(OC)c2c(c1)OCO2. The Kier molecular flexibility index (Phi) is 3.01. The molecule has 1 atom stereocenters. The summed E-state index contributed by atoms with van der Waals surface area (Å²) in [5.74, 6) is 2.00. The Morgan fingerprint density at radius 3 is 3.06 bits per heavy atom. The standard InChI is InChI=1S/C12H15NO3/c1-3-4-9(13)8-5-10(14-2)12-11(6-8)15-7-16-12/h3,5-6,9H,1,4,7,13H2,2H3/t9-/m1/s1. The van der Waals surface area contributed by atoms with Gasteiger partial charge in [0.25, 0.3) is 0 Å². The number of nitrogens with two attached hydrogens (primary N) is 1. The van der Waals surface area contributed by atoms with Gasteiger partial charge < -0.3 is 19.9 Å². The van der Waals surface area contributed by atoms with Crippen LogP contribution in [0.3, 0.4) is 0 Å². The fourth-order valence-electron chi connectivity index (χ4n) is 1.68. The molecule has 0 saturated heterocycles. The minimum atomic E-state index is -0.0964. The first-order valence-electron chi connectivity index (χ1n) is 5.10. The average molecular weight is 221 g/mol. The molecule has 0 aliphatic carbocycles. The Bertz CT molecular complexity index is 403. The van der Waals surface area contributed by atoms with Gasteiger partial charge in [-0.1, -0.05) is 6.08 Å². The number of hydrogen-bond acceptors (Lipinski definition) is 4. The van der Waals surface area contributed by atoms with Crippen LogP contribution in [0.4, 0.5) is 0 Å². The van der Waals surface area contributed by atoms with E-state index in [2.05, 4.69) is 6.58 Å². The molecule has 0 radical (unpaired) electrons. The van der Waals surface area contributed by atoms with Gasteiger partial charge >= 0.3 is 0 Å². The number of rotatable bonds is 4. The minimum Gasteiger partial charge on any atom is -0.493 e. The van der Waals surface area contributed by atoms with Gasteiger partial charge in [-0.25, -0.2) is 0 Å². The van der Waals surface area contributed by atoms with Crippen molar-refractivity contribution in [1.29, 1.82) is 0 Å². The van der Waals surface area contributed by atoms with Crippen molar-refractivity contribution in [2.45, 2.75) is 12.5 Å². The molecule has 1 aromatic carbocycles. The largest absolute Gasteiger partial charge is 0.493 e. The van der Waals surface area contributed by atoms with Crippen LogP contribution in [0, 0.1) is 0 Å². The Balaban J connectivity index is 2.37. The maximum Gasteiger partial charge on any atom is 0.231 e. The highest BCUT2D eigenvalue weighted by Crippen LogP contribution is 2.42. The Hall–Kier alpha value is -1.68. The zero-order chi connectivity index (χ0) is 11.5. The maximum absolute atomic E-state index is 6.00. The van der Waals surface area contributed by atoms with Crippen LogP contribution in [0.15, 0.2) is 24.8 Å². The highest BCUT2D eigenvalue weighted by Gasteiger charge is 2.21. The zero-order valence-electron chi connectivity index (χ0n) is 9.23. The number of benzene rings is 1. The van der Waals surface area contributed by atoms with Crippen molar-refractivity contribution in [3.05, 3.63) is 30.4 Å². The lowest BCUT2D eigenvalue weighted by Gasteiger charge is -2.12. The molecule has 86 valence electrons. The molecular weight excluding hydrogens is 206 g/mol. The molecule has 1 aliphatic rings. The first-order valence-corrected chi connectivity index (χ1v) is 5.10. The van der Waals surface area contributed by atoms with Gasteiger partial charge in [0.2, 0.25) is 12.5 Å². The van der Waals surface area contributed by atoms with Gasteiger partial charge in [0.15, 0.2) is 11.5 Å². The predicted octanol–water partition coefficient (Wildman–Crippen LogP) is 2.00. The van der Waals surface area contributed by atoms with E-state index in [-0.39, 0.29) is 12.8 Å². The first-order chi connectivity index (χ1) is 7.76. The maximum atomic E-state index is 6.00. The molecule has 0 unspecified atom stereocenters. The lowest BCUT2D eigenvalue weighted by molar-refractivity contribution is 0.171. The van der Waals surface area contributed by atoms with Crippen molar-refractivity contribution in [3.63, 3.8) is 0 Å². The summed E-state index contributed by atoms with van der Waals surface area (Å²) in [4.78, 5) is 0. The van der Waals surface area contributed by atoms with Crippen LogP contribution in [0.2, 0.25) is 0 Å². The monoisotopic (exact) mass is 221 g/mol. The van der Waals surface area contributed by atoms with Crippen LogP contribution in [0.1, 0.15) is 18.0 Å². The second kappa shape index (κ2) is 4.45. The Labute approximate surface area is 94.6 Å². The summed E-state index contributed by atoms with van der Waals surface area (Å²) in [5, 5.41) is 0. The zero-order valence-corrected chi connectivity index (χ0v) is 9.23. The molecule has 0 bridgehead atoms. The van der Waals surface area contributed by atoms with Crippen LogP contribution in [0.25, 0.3) is 0 Å². The van der Waals surface area contributed by atoms with Gasteiger partial charge in [-0.05, 0) is 24.1 Å².